The van der Waals surface area contributed by atoms with Crippen LogP contribution in [-0.4, -0.2) is 31.2 Å². The number of hydrogen-bond donors (Lipinski definition) is 0. The Morgan fingerprint density at radius 1 is 1.69 bits per heavy atom. The Morgan fingerprint density at radius 3 is 3.00 bits per heavy atom. The van der Waals surface area contributed by atoms with E-state index in [1.807, 2.05) is 0 Å². The van der Waals surface area contributed by atoms with E-state index in [1.165, 1.54) is 31.3 Å². The predicted molar refractivity (Wildman–Crippen MR) is 64.1 cm³/mol. The molecule has 16 heavy (non-hydrogen) atoms. The van der Waals surface area contributed by atoms with Crippen LogP contribution in [0.15, 0.2) is 6.20 Å². The highest BCUT2D eigenvalue weighted by Gasteiger charge is 2.25. The summed E-state index contributed by atoms with van der Waals surface area (Å²) >= 11 is 1.41. The van der Waals surface area contributed by atoms with Crippen LogP contribution in [0.3, 0.4) is 0 Å². The summed E-state index contributed by atoms with van der Waals surface area (Å²) in [6.07, 6.45) is 4.25. The van der Waals surface area contributed by atoms with Gasteiger partial charge in [0.15, 0.2) is 5.13 Å². The van der Waals surface area contributed by atoms with Gasteiger partial charge in [-0.05, 0) is 25.7 Å². The topological polar surface area (TPSA) is 42.4 Å². The van der Waals surface area contributed by atoms with Gasteiger partial charge in [0.05, 0.1) is 13.3 Å². The number of carbonyl (C=O) groups excluding carboxylic acids is 1. The average molecular weight is 240 g/mol. The highest BCUT2D eigenvalue weighted by atomic mass is 32.1. The highest BCUT2D eigenvalue weighted by molar-refractivity contribution is 7.17. The SMILES string of the molecule is CCN(CC1CC1)c1ncc(C(=O)OC)s1. The van der Waals surface area contributed by atoms with Gasteiger partial charge in [0.1, 0.15) is 4.88 Å². The Labute approximate surface area is 99.2 Å². The number of rotatable bonds is 5. The molecular weight excluding hydrogens is 224 g/mol. The van der Waals surface area contributed by atoms with Crippen LogP contribution < -0.4 is 4.90 Å². The van der Waals surface area contributed by atoms with Gasteiger partial charge in [-0.3, -0.25) is 0 Å². The number of nitrogens with zero attached hydrogens (tertiary/aromatic N) is 2. The van der Waals surface area contributed by atoms with Crippen LogP contribution in [0.2, 0.25) is 0 Å². The van der Waals surface area contributed by atoms with E-state index < -0.39 is 0 Å². The van der Waals surface area contributed by atoms with Crippen molar-refractivity contribution in [2.24, 2.45) is 5.92 Å². The fourth-order valence-electron chi connectivity index (χ4n) is 1.56. The van der Waals surface area contributed by atoms with Crippen LogP contribution in [-0.2, 0) is 4.74 Å². The van der Waals surface area contributed by atoms with E-state index in [2.05, 4.69) is 21.5 Å². The van der Waals surface area contributed by atoms with E-state index in [4.69, 9.17) is 0 Å². The van der Waals surface area contributed by atoms with Crippen LogP contribution in [0, 0.1) is 5.92 Å². The van der Waals surface area contributed by atoms with Crippen LogP contribution in [0.1, 0.15) is 29.4 Å². The van der Waals surface area contributed by atoms with Crippen molar-refractivity contribution in [2.45, 2.75) is 19.8 Å². The molecule has 0 atom stereocenters. The minimum Gasteiger partial charge on any atom is -0.465 e. The molecule has 4 nitrogen and oxygen atoms in total. The molecule has 0 aliphatic heterocycles. The number of anilines is 1. The first-order chi connectivity index (χ1) is 7.74. The van der Waals surface area contributed by atoms with Crippen LogP contribution >= 0.6 is 11.3 Å². The van der Waals surface area contributed by atoms with Crippen molar-refractivity contribution in [3.63, 3.8) is 0 Å². The minimum absolute atomic E-state index is 0.300. The molecule has 1 aromatic heterocycles. The summed E-state index contributed by atoms with van der Waals surface area (Å²) in [7, 11) is 1.39. The third kappa shape index (κ3) is 2.52. The molecular formula is C11H16N2O2S. The van der Waals surface area contributed by atoms with Crippen molar-refractivity contribution in [1.82, 2.24) is 4.98 Å². The summed E-state index contributed by atoms with van der Waals surface area (Å²) in [5.41, 5.74) is 0. The van der Waals surface area contributed by atoms with Gasteiger partial charge in [-0.1, -0.05) is 11.3 Å². The van der Waals surface area contributed by atoms with E-state index in [0.717, 1.165) is 24.1 Å². The zero-order chi connectivity index (χ0) is 11.5. The third-order valence-electron chi connectivity index (χ3n) is 2.71. The first-order valence-electron chi connectivity index (χ1n) is 5.53. The zero-order valence-electron chi connectivity index (χ0n) is 9.60. The Kier molecular flexibility index (Phi) is 3.43. The molecule has 5 heteroatoms. The lowest BCUT2D eigenvalue weighted by molar-refractivity contribution is 0.0606. The summed E-state index contributed by atoms with van der Waals surface area (Å²) in [6, 6.07) is 0. The van der Waals surface area contributed by atoms with Crippen molar-refractivity contribution in [1.29, 1.82) is 0 Å². The zero-order valence-corrected chi connectivity index (χ0v) is 10.4. The molecule has 1 saturated carbocycles. The van der Waals surface area contributed by atoms with E-state index in [1.54, 1.807) is 6.20 Å². The van der Waals surface area contributed by atoms with E-state index in [9.17, 15) is 4.79 Å². The lowest BCUT2D eigenvalue weighted by Crippen LogP contribution is -2.24. The second-order valence-electron chi connectivity index (χ2n) is 3.98. The summed E-state index contributed by atoms with van der Waals surface area (Å²) in [5, 5.41) is 0.926. The molecule has 88 valence electrons. The van der Waals surface area contributed by atoms with Crippen molar-refractivity contribution < 1.29 is 9.53 Å². The van der Waals surface area contributed by atoms with Crippen molar-refractivity contribution in [2.75, 3.05) is 25.1 Å². The Balaban J connectivity index is 2.05. The fourth-order valence-corrected chi connectivity index (χ4v) is 2.47. The first kappa shape index (κ1) is 11.4. The maximum atomic E-state index is 11.3. The van der Waals surface area contributed by atoms with Crippen molar-refractivity contribution in [3.05, 3.63) is 11.1 Å². The number of esters is 1. The van der Waals surface area contributed by atoms with Gasteiger partial charge in [-0.15, -0.1) is 0 Å². The quantitative estimate of drug-likeness (QED) is 0.740. The Morgan fingerprint density at radius 2 is 2.44 bits per heavy atom. The van der Waals surface area contributed by atoms with E-state index in [0.29, 0.717) is 4.88 Å². The maximum Gasteiger partial charge on any atom is 0.349 e. The third-order valence-corrected chi connectivity index (χ3v) is 3.75. The summed E-state index contributed by atoms with van der Waals surface area (Å²) in [6.45, 7) is 4.11. The van der Waals surface area contributed by atoms with E-state index >= 15 is 0 Å². The molecule has 0 saturated heterocycles. The van der Waals surface area contributed by atoms with E-state index in [-0.39, 0.29) is 5.97 Å². The standard InChI is InChI=1S/C11H16N2O2S/c1-3-13(7-8-4-5-8)11-12-6-9(16-11)10(14)15-2/h6,8H,3-5,7H2,1-2H3. The normalized spacial score (nSPS) is 14.9. The minimum atomic E-state index is -0.300. The molecule has 1 aliphatic carbocycles. The molecule has 0 spiro atoms. The molecule has 1 aliphatic rings. The molecule has 0 unspecified atom stereocenters. The maximum absolute atomic E-state index is 11.3. The molecule has 1 aromatic rings. The summed E-state index contributed by atoms with van der Waals surface area (Å²) < 4.78 is 4.67. The lowest BCUT2D eigenvalue weighted by atomic mass is 10.4. The Bertz CT molecular complexity index is 374. The molecule has 0 N–H and O–H groups in total. The van der Waals surface area contributed by atoms with Gasteiger partial charge in [-0.25, -0.2) is 9.78 Å². The van der Waals surface area contributed by atoms with Crippen LogP contribution in [0.25, 0.3) is 0 Å². The molecule has 0 bridgehead atoms. The summed E-state index contributed by atoms with van der Waals surface area (Å²) in [5.74, 6) is 0.525. The van der Waals surface area contributed by atoms with Crippen molar-refractivity contribution >= 4 is 22.4 Å². The highest BCUT2D eigenvalue weighted by Crippen LogP contribution is 2.32. The molecule has 0 radical (unpaired) electrons. The number of thiazole rings is 1. The second kappa shape index (κ2) is 4.82. The number of hydrogen-bond acceptors (Lipinski definition) is 5. The molecule has 0 amide bonds. The van der Waals surface area contributed by atoms with Gasteiger partial charge < -0.3 is 9.64 Å². The predicted octanol–water partition coefficient (Wildman–Crippen LogP) is 2.17. The first-order valence-corrected chi connectivity index (χ1v) is 6.35. The molecule has 1 fully saturated rings. The number of methoxy groups -OCH3 is 1. The van der Waals surface area contributed by atoms with Gasteiger partial charge in [-0.2, -0.15) is 0 Å². The second-order valence-corrected chi connectivity index (χ2v) is 4.99. The van der Waals surface area contributed by atoms with Gasteiger partial charge >= 0.3 is 5.97 Å². The van der Waals surface area contributed by atoms with Gasteiger partial charge in [0.25, 0.3) is 0 Å². The number of carbonyl (C=O) groups is 1. The van der Waals surface area contributed by atoms with Gasteiger partial charge in [0.2, 0.25) is 0 Å². The summed E-state index contributed by atoms with van der Waals surface area (Å²) in [4.78, 5) is 18.4. The average Bonchev–Trinajstić information content (AvgIpc) is 3.00. The number of ether oxygens (including phenoxy) is 1. The van der Waals surface area contributed by atoms with Gasteiger partial charge in [0, 0.05) is 13.1 Å². The Hall–Kier alpha value is -1.10. The lowest BCUT2D eigenvalue weighted by Gasteiger charge is -2.18. The molecule has 2 rings (SSSR count). The monoisotopic (exact) mass is 240 g/mol. The molecule has 0 aromatic carbocycles. The fraction of sp³-hybridized carbons (Fsp3) is 0.636. The van der Waals surface area contributed by atoms with Crippen molar-refractivity contribution in [3.8, 4) is 0 Å². The smallest absolute Gasteiger partial charge is 0.349 e. The van der Waals surface area contributed by atoms with Crippen LogP contribution in [0.5, 0.6) is 0 Å². The number of aromatic nitrogens is 1. The molecule has 1 heterocycles. The largest absolute Gasteiger partial charge is 0.465 e. The van der Waals surface area contributed by atoms with Crippen LogP contribution in [0.4, 0.5) is 5.13 Å².